The van der Waals surface area contributed by atoms with Crippen LogP contribution in [0.25, 0.3) is 0 Å². The smallest absolute Gasteiger partial charge is 0.409 e. The van der Waals surface area contributed by atoms with Gasteiger partial charge in [0.25, 0.3) is 0 Å². The van der Waals surface area contributed by atoms with Crippen LogP contribution in [0.3, 0.4) is 0 Å². The van der Waals surface area contributed by atoms with E-state index in [2.05, 4.69) is 56.5 Å². The highest BCUT2D eigenvalue weighted by molar-refractivity contribution is 5.68. The van der Waals surface area contributed by atoms with Crippen LogP contribution in [0, 0.1) is 5.82 Å². The largest absolute Gasteiger partial charge is 0.453 e. The Morgan fingerprint density at radius 2 is 1.82 bits per heavy atom. The molecule has 1 aliphatic heterocycles. The van der Waals surface area contributed by atoms with Gasteiger partial charge in [-0.1, -0.05) is 20.8 Å². The number of carbonyl (C=O) groups excluding carboxylic acids is 1. The fourth-order valence-corrected chi connectivity index (χ4v) is 3.57. The molecule has 1 aromatic carbocycles. The van der Waals surface area contributed by atoms with E-state index in [1.807, 2.05) is 30.3 Å². The topological polar surface area (TPSA) is 111 Å². The molecular formula is C23H29FN8O2. The number of nitrogens with zero attached hydrogens (tertiary/aromatic N) is 5. The third-order valence-corrected chi connectivity index (χ3v) is 5.58. The molecule has 3 heterocycles. The van der Waals surface area contributed by atoms with Crippen LogP contribution in [0.2, 0.25) is 0 Å². The minimum absolute atomic E-state index is 0.0320. The summed E-state index contributed by atoms with van der Waals surface area (Å²) in [5.41, 5.74) is 2.63. The molecule has 0 saturated carbocycles. The first-order valence-electron chi connectivity index (χ1n) is 11.0. The molecule has 34 heavy (non-hydrogen) atoms. The van der Waals surface area contributed by atoms with Crippen LogP contribution in [-0.2, 0) is 10.2 Å². The van der Waals surface area contributed by atoms with Gasteiger partial charge in [-0.05, 0) is 24.3 Å². The number of rotatable bonds is 5. The van der Waals surface area contributed by atoms with Gasteiger partial charge in [0.05, 0.1) is 13.3 Å². The molecule has 4 rings (SSSR count). The molecule has 1 aliphatic rings. The maximum Gasteiger partial charge on any atom is 0.409 e. The number of H-pyrrole nitrogens is 1. The van der Waals surface area contributed by atoms with Gasteiger partial charge < -0.3 is 25.2 Å². The molecular weight excluding hydrogens is 439 g/mol. The number of anilines is 5. The van der Waals surface area contributed by atoms with E-state index in [9.17, 15) is 9.18 Å². The summed E-state index contributed by atoms with van der Waals surface area (Å²) in [4.78, 5) is 23.8. The van der Waals surface area contributed by atoms with Crippen molar-refractivity contribution >= 4 is 35.1 Å². The second-order valence-electron chi connectivity index (χ2n) is 9.05. The average molecular weight is 469 g/mol. The number of amides is 1. The second kappa shape index (κ2) is 9.54. The summed E-state index contributed by atoms with van der Waals surface area (Å²) in [6.45, 7) is 8.85. The molecule has 0 unspecified atom stereocenters. The Morgan fingerprint density at radius 1 is 1.12 bits per heavy atom. The van der Waals surface area contributed by atoms with Gasteiger partial charge in [-0.2, -0.15) is 10.1 Å². The lowest BCUT2D eigenvalue weighted by molar-refractivity contribution is 0.121. The van der Waals surface area contributed by atoms with Crippen LogP contribution < -0.4 is 15.5 Å². The fourth-order valence-electron chi connectivity index (χ4n) is 3.57. The quantitative estimate of drug-likeness (QED) is 0.515. The summed E-state index contributed by atoms with van der Waals surface area (Å²) >= 11 is 0. The Labute approximate surface area is 197 Å². The van der Waals surface area contributed by atoms with Crippen molar-refractivity contribution in [3.05, 3.63) is 48.0 Å². The van der Waals surface area contributed by atoms with Crippen LogP contribution in [-0.4, -0.2) is 64.4 Å². The highest BCUT2D eigenvalue weighted by Gasteiger charge is 2.22. The molecule has 1 amide bonds. The number of halogens is 1. The van der Waals surface area contributed by atoms with Crippen molar-refractivity contribution in [2.45, 2.75) is 26.2 Å². The zero-order chi connectivity index (χ0) is 24.3. The summed E-state index contributed by atoms with van der Waals surface area (Å²) in [5.74, 6) is 0.192. The van der Waals surface area contributed by atoms with Crippen molar-refractivity contribution in [1.29, 1.82) is 0 Å². The maximum atomic E-state index is 14.3. The first kappa shape index (κ1) is 23.3. The lowest BCUT2D eigenvalue weighted by atomic mass is 9.92. The molecule has 10 nitrogen and oxygen atoms in total. The van der Waals surface area contributed by atoms with E-state index in [-0.39, 0.29) is 23.3 Å². The maximum absolute atomic E-state index is 14.3. The minimum atomic E-state index is -0.577. The number of methoxy groups -OCH3 is 1. The number of ether oxygens (including phenoxy) is 1. The van der Waals surface area contributed by atoms with Crippen molar-refractivity contribution in [1.82, 2.24) is 25.1 Å². The predicted molar refractivity (Wildman–Crippen MR) is 128 cm³/mol. The van der Waals surface area contributed by atoms with E-state index in [1.165, 1.54) is 7.11 Å². The molecule has 1 fully saturated rings. The molecule has 1 saturated heterocycles. The van der Waals surface area contributed by atoms with Gasteiger partial charge in [0.2, 0.25) is 5.95 Å². The van der Waals surface area contributed by atoms with Gasteiger partial charge in [0, 0.05) is 54.7 Å². The van der Waals surface area contributed by atoms with Gasteiger partial charge >= 0.3 is 6.09 Å². The number of aromatic nitrogens is 4. The summed E-state index contributed by atoms with van der Waals surface area (Å²) in [5, 5.41) is 13.2. The molecule has 180 valence electrons. The van der Waals surface area contributed by atoms with Gasteiger partial charge in [0.1, 0.15) is 0 Å². The number of hydrogen-bond acceptors (Lipinski definition) is 8. The number of benzene rings is 1. The Kier molecular flexibility index (Phi) is 6.53. The molecule has 0 spiro atoms. The van der Waals surface area contributed by atoms with Crippen molar-refractivity contribution in [2.75, 3.05) is 48.8 Å². The Bertz CT molecular complexity index is 1130. The van der Waals surface area contributed by atoms with Gasteiger partial charge in [-0.25, -0.2) is 14.2 Å². The van der Waals surface area contributed by atoms with Crippen molar-refractivity contribution < 1.29 is 13.9 Å². The Morgan fingerprint density at radius 3 is 2.44 bits per heavy atom. The number of carbonyl (C=O) groups is 1. The first-order chi connectivity index (χ1) is 16.2. The Balaban J connectivity index is 1.39. The van der Waals surface area contributed by atoms with Crippen LogP contribution in [0.1, 0.15) is 26.5 Å². The SMILES string of the molecule is COC(=O)N1CCN(c2ccc(Nc3ncc(F)c(Nc4cc(C(C)(C)C)[nH]n4)n3)cc2)CC1. The molecule has 2 aromatic heterocycles. The zero-order valence-corrected chi connectivity index (χ0v) is 19.7. The highest BCUT2D eigenvalue weighted by atomic mass is 19.1. The summed E-state index contributed by atoms with van der Waals surface area (Å²) in [6, 6.07) is 9.61. The van der Waals surface area contributed by atoms with E-state index < -0.39 is 5.82 Å². The number of nitrogens with one attached hydrogen (secondary N) is 3. The van der Waals surface area contributed by atoms with Crippen molar-refractivity contribution in [3.8, 4) is 0 Å². The van der Waals surface area contributed by atoms with Crippen LogP contribution in [0.15, 0.2) is 36.5 Å². The third-order valence-electron chi connectivity index (χ3n) is 5.58. The van der Waals surface area contributed by atoms with Crippen LogP contribution >= 0.6 is 0 Å². The lowest BCUT2D eigenvalue weighted by Crippen LogP contribution is -2.48. The van der Waals surface area contributed by atoms with E-state index in [0.29, 0.717) is 18.9 Å². The summed E-state index contributed by atoms with van der Waals surface area (Å²) < 4.78 is 19.1. The molecule has 0 aliphatic carbocycles. The van der Waals surface area contributed by atoms with E-state index in [1.54, 1.807) is 4.90 Å². The summed E-state index contributed by atoms with van der Waals surface area (Å²) in [6.07, 6.45) is 0.818. The zero-order valence-electron chi connectivity index (χ0n) is 19.7. The standard InChI is InChI=1S/C23H29FN8O2/c1-23(2,3)18-13-19(30-29-18)27-20-17(24)14-25-21(28-20)26-15-5-7-16(8-6-15)31-9-11-32(12-10-31)22(33)34-4/h5-8,13-14H,9-12H2,1-4H3,(H3,25,26,27,28,29,30). The van der Waals surface area contributed by atoms with Crippen LogP contribution in [0.5, 0.6) is 0 Å². The Hall–Kier alpha value is -3.89. The third kappa shape index (κ3) is 5.36. The molecule has 0 bridgehead atoms. The van der Waals surface area contributed by atoms with Crippen molar-refractivity contribution in [3.63, 3.8) is 0 Å². The van der Waals surface area contributed by atoms with Crippen molar-refractivity contribution in [2.24, 2.45) is 0 Å². The number of aromatic amines is 1. The van der Waals surface area contributed by atoms with E-state index >= 15 is 0 Å². The molecule has 0 atom stereocenters. The molecule has 3 N–H and O–H groups in total. The molecule has 0 radical (unpaired) electrons. The number of piperazine rings is 1. The summed E-state index contributed by atoms with van der Waals surface area (Å²) in [7, 11) is 1.39. The van der Waals surface area contributed by atoms with Gasteiger partial charge in [0.15, 0.2) is 17.5 Å². The minimum Gasteiger partial charge on any atom is -0.453 e. The van der Waals surface area contributed by atoms with Crippen LogP contribution in [0.4, 0.5) is 38.1 Å². The lowest BCUT2D eigenvalue weighted by Gasteiger charge is -2.35. The predicted octanol–water partition coefficient (Wildman–Crippen LogP) is 4.01. The van der Waals surface area contributed by atoms with E-state index in [0.717, 1.165) is 36.4 Å². The number of hydrogen-bond donors (Lipinski definition) is 3. The van der Waals surface area contributed by atoms with Gasteiger partial charge in [-0.3, -0.25) is 5.10 Å². The highest BCUT2D eigenvalue weighted by Crippen LogP contribution is 2.25. The second-order valence-corrected chi connectivity index (χ2v) is 9.05. The van der Waals surface area contributed by atoms with E-state index in [4.69, 9.17) is 4.74 Å². The van der Waals surface area contributed by atoms with Gasteiger partial charge in [-0.15, -0.1) is 0 Å². The average Bonchev–Trinajstić information content (AvgIpc) is 3.31. The first-order valence-corrected chi connectivity index (χ1v) is 11.0. The molecule has 11 heteroatoms. The molecule has 3 aromatic rings. The normalized spacial score (nSPS) is 14.1. The monoisotopic (exact) mass is 468 g/mol. The fraction of sp³-hybridized carbons (Fsp3) is 0.391.